The van der Waals surface area contributed by atoms with E-state index in [0.29, 0.717) is 30.2 Å². The summed E-state index contributed by atoms with van der Waals surface area (Å²) < 4.78 is 29.2. The van der Waals surface area contributed by atoms with Gasteiger partial charge in [0.15, 0.2) is 0 Å². The van der Waals surface area contributed by atoms with E-state index in [1.807, 2.05) is 6.08 Å². The Hall–Kier alpha value is -3.06. The number of hydrogen-bond acceptors (Lipinski definition) is 6. The minimum atomic E-state index is -4.04. The van der Waals surface area contributed by atoms with Gasteiger partial charge in [-0.15, -0.1) is 0 Å². The van der Waals surface area contributed by atoms with Crippen molar-refractivity contribution in [3.63, 3.8) is 0 Å². The normalized spacial score (nSPS) is 23.6. The number of fused-ring (bicyclic) bond motifs is 3. The highest BCUT2D eigenvalue weighted by atomic mass is 35.5. The number of aromatic nitrogens is 1. The summed E-state index contributed by atoms with van der Waals surface area (Å²) in [6.07, 6.45) is 9.90. The zero-order valence-corrected chi connectivity index (χ0v) is 21.9. The van der Waals surface area contributed by atoms with Gasteiger partial charge in [0.2, 0.25) is 0 Å². The van der Waals surface area contributed by atoms with Gasteiger partial charge in [0, 0.05) is 61.3 Å². The van der Waals surface area contributed by atoms with E-state index in [0.717, 1.165) is 30.3 Å². The molecule has 2 bridgehead atoms. The van der Waals surface area contributed by atoms with Crippen molar-refractivity contribution in [3.8, 4) is 6.07 Å². The molecule has 0 spiro atoms. The average Bonchev–Trinajstić information content (AvgIpc) is 3.59. The van der Waals surface area contributed by atoms with E-state index in [1.54, 1.807) is 18.2 Å². The van der Waals surface area contributed by atoms with Gasteiger partial charge in [0.05, 0.1) is 27.3 Å². The Morgan fingerprint density at radius 3 is 2.86 bits per heavy atom. The van der Waals surface area contributed by atoms with Crippen molar-refractivity contribution in [2.24, 2.45) is 5.92 Å². The van der Waals surface area contributed by atoms with E-state index in [-0.39, 0.29) is 27.2 Å². The molecule has 192 valence electrons. The predicted octanol–water partition coefficient (Wildman–Crippen LogP) is 3.64. The van der Waals surface area contributed by atoms with Crippen molar-refractivity contribution in [2.75, 3.05) is 26.2 Å². The molecule has 4 aliphatic rings. The molecule has 2 fully saturated rings. The number of pyridine rings is 1. The lowest BCUT2D eigenvalue weighted by atomic mass is 10.1. The number of piperidine rings is 1. The number of halogens is 1. The summed E-state index contributed by atoms with van der Waals surface area (Å²) in [4.78, 5) is 17.4. The number of hydrogen-bond donors (Lipinski definition) is 2. The fourth-order valence-corrected chi connectivity index (χ4v) is 8.39. The maximum atomic E-state index is 13.9. The Kier molecular flexibility index (Phi) is 6.14. The lowest BCUT2D eigenvalue weighted by Crippen LogP contribution is -2.37. The van der Waals surface area contributed by atoms with Crippen molar-refractivity contribution in [1.29, 1.82) is 5.26 Å². The van der Waals surface area contributed by atoms with Crippen LogP contribution in [0.15, 0.2) is 68.8 Å². The highest BCUT2D eigenvalue weighted by molar-refractivity contribution is 7.89. The lowest BCUT2D eigenvalue weighted by molar-refractivity contribution is 0.216. The van der Waals surface area contributed by atoms with E-state index < -0.39 is 15.6 Å². The number of rotatable bonds is 6. The van der Waals surface area contributed by atoms with Crippen LogP contribution in [0, 0.1) is 17.2 Å². The van der Waals surface area contributed by atoms with Gasteiger partial charge in [-0.05, 0) is 61.5 Å². The third kappa shape index (κ3) is 4.27. The molecule has 1 saturated carbocycles. The van der Waals surface area contributed by atoms with Gasteiger partial charge in [0.25, 0.3) is 15.6 Å². The second kappa shape index (κ2) is 9.35. The fraction of sp³-hybridized carbons (Fsp3) is 0.407. The summed E-state index contributed by atoms with van der Waals surface area (Å²) >= 11 is 6.35. The molecule has 2 atom stereocenters. The molecular weight excluding hydrogens is 510 g/mol. The molecule has 0 unspecified atom stereocenters. The highest BCUT2D eigenvalue weighted by Crippen LogP contribution is 2.39. The molecule has 0 radical (unpaired) electrons. The van der Waals surface area contributed by atoms with Crippen LogP contribution in [-0.4, -0.2) is 54.8 Å². The number of allylic oxidation sites excluding steroid dienone is 4. The first-order chi connectivity index (χ1) is 17.8. The summed E-state index contributed by atoms with van der Waals surface area (Å²) in [6, 6.07) is 7.50. The highest BCUT2D eigenvalue weighted by Gasteiger charge is 2.37. The smallest absolute Gasteiger partial charge is 0.265 e. The summed E-state index contributed by atoms with van der Waals surface area (Å²) in [5.74, 6) is 0.851. The largest absolute Gasteiger partial charge is 0.387 e. The van der Waals surface area contributed by atoms with Crippen LogP contribution in [0.4, 0.5) is 0 Å². The Bertz CT molecular complexity index is 1580. The summed E-state index contributed by atoms with van der Waals surface area (Å²) in [7, 11) is -4.04. The number of nitriles is 1. The van der Waals surface area contributed by atoms with E-state index >= 15 is 0 Å². The fourth-order valence-electron chi connectivity index (χ4n) is 6.34. The van der Waals surface area contributed by atoms with Crippen molar-refractivity contribution in [2.45, 2.75) is 43.0 Å². The molecule has 37 heavy (non-hydrogen) atoms. The minimum absolute atomic E-state index is 0.0165. The lowest BCUT2D eigenvalue weighted by Gasteiger charge is -2.27. The van der Waals surface area contributed by atoms with Crippen LogP contribution in [0.5, 0.6) is 0 Å². The number of likely N-dealkylation sites (tertiary alicyclic amines) is 1. The Labute approximate surface area is 220 Å². The van der Waals surface area contributed by atoms with Crippen LogP contribution < -0.4 is 10.9 Å². The Balaban J connectivity index is 1.27. The van der Waals surface area contributed by atoms with E-state index in [4.69, 9.17) is 11.6 Å². The minimum Gasteiger partial charge on any atom is -0.387 e. The molecular formula is C27H28ClN5O3S. The van der Waals surface area contributed by atoms with Crippen LogP contribution in [0.25, 0.3) is 10.8 Å². The SMILES string of the molecule is N#CC1=CC2=C(CCN2S(=O)(=O)c2cccc3c(=O)[nH]cc(Cl)c23)CC(NCCN2C[C@H]3CC[C@@H]2C3)=C1. The van der Waals surface area contributed by atoms with Crippen LogP contribution in [0.1, 0.15) is 32.1 Å². The third-order valence-corrected chi connectivity index (χ3v) is 10.2. The number of H-pyrrole nitrogens is 1. The van der Waals surface area contributed by atoms with Crippen LogP contribution >= 0.6 is 11.6 Å². The maximum absolute atomic E-state index is 13.9. The topological polar surface area (TPSA) is 109 Å². The quantitative estimate of drug-likeness (QED) is 0.582. The van der Waals surface area contributed by atoms with Crippen LogP contribution in [0.3, 0.4) is 0 Å². The van der Waals surface area contributed by atoms with E-state index in [9.17, 15) is 18.5 Å². The number of nitrogens with one attached hydrogen (secondary N) is 2. The first kappa shape index (κ1) is 24.3. The zero-order chi connectivity index (χ0) is 25.7. The van der Waals surface area contributed by atoms with Gasteiger partial charge in [0.1, 0.15) is 0 Å². The van der Waals surface area contributed by atoms with Gasteiger partial charge in [-0.3, -0.25) is 14.0 Å². The molecule has 1 saturated heterocycles. The van der Waals surface area contributed by atoms with E-state index in [2.05, 4.69) is 21.3 Å². The van der Waals surface area contributed by atoms with Gasteiger partial charge < -0.3 is 10.3 Å². The van der Waals surface area contributed by atoms with Gasteiger partial charge in [-0.1, -0.05) is 17.7 Å². The molecule has 0 amide bonds. The number of nitrogens with zero attached hydrogens (tertiary/aromatic N) is 3. The summed E-state index contributed by atoms with van der Waals surface area (Å²) in [5.41, 5.74) is 2.43. The molecule has 1 aromatic heterocycles. The first-order valence-corrected chi connectivity index (χ1v) is 14.5. The molecule has 1 aromatic carbocycles. The molecule has 8 nitrogen and oxygen atoms in total. The molecule has 6 rings (SSSR count). The third-order valence-electron chi connectivity index (χ3n) is 8.08. The van der Waals surface area contributed by atoms with E-state index in [1.165, 1.54) is 42.4 Å². The molecule has 3 heterocycles. The molecule has 2 aliphatic heterocycles. The maximum Gasteiger partial charge on any atom is 0.265 e. The number of sulfonamides is 1. The standard InChI is InChI=1S/C27H28ClN5O3S/c28-23-15-31-27(34)22-2-1-3-25(26(22)23)37(35,36)33-8-6-19-13-20(10-18(14-29)12-24(19)33)30-7-9-32-16-17-4-5-21(32)11-17/h1-3,10,12,15,17,21,30H,4-9,11,13,16H2,(H,31,34)/t17-,21+/m0/s1. The summed E-state index contributed by atoms with van der Waals surface area (Å²) in [6.45, 7) is 3.21. The van der Waals surface area contributed by atoms with Gasteiger partial charge >= 0.3 is 0 Å². The van der Waals surface area contributed by atoms with Crippen molar-refractivity contribution < 1.29 is 8.42 Å². The Morgan fingerprint density at radius 1 is 1.24 bits per heavy atom. The number of aromatic amines is 1. The summed E-state index contributed by atoms with van der Waals surface area (Å²) in [5, 5.41) is 13.9. The van der Waals surface area contributed by atoms with Crippen LogP contribution in [0.2, 0.25) is 5.02 Å². The molecule has 2 aromatic rings. The van der Waals surface area contributed by atoms with Gasteiger partial charge in [-0.25, -0.2) is 8.42 Å². The van der Waals surface area contributed by atoms with Crippen molar-refractivity contribution in [3.05, 3.63) is 74.5 Å². The average molecular weight is 538 g/mol. The first-order valence-electron chi connectivity index (χ1n) is 12.7. The Morgan fingerprint density at radius 2 is 2.11 bits per heavy atom. The van der Waals surface area contributed by atoms with Gasteiger partial charge in [-0.2, -0.15) is 5.26 Å². The van der Waals surface area contributed by atoms with Crippen molar-refractivity contribution >= 4 is 32.4 Å². The number of benzene rings is 1. The molecule has 10 heteroatoms. The monoisotopic (exact) mass is 537 g/mol. The second-order valence-electron chi connectivity index (χ2n) is 10.3. The second-order valence-corrected chi connectivity index (χ2v) is 12.5. The van der Waals surface area contributed by atoms with Crippen molar-refractivity contribution in [1.82, 2.24) is 19.5 Å². The zero-order valence-electron chi connectivity index (χ0n) is 20.3. The molecule has 2 N–H and O–H groups in total. The van der Waals surface area contributed by atoms with Crippen LogP contribution in [-0.2, 0) is 10.0 Å². The molecule has 2 aliphatic carbocycles. The predicted molar refractivity (Wildman–Crippen MR) is 142 cm³/mol.